The number of allylic oxidation sites excluding steroid dienone is 2. The average molecular weight is 140 g/mol. The lowest BCUT2D eigenvalue weighted by molar-refractivity contribution is -0.110. The highest BCUT2D eigenvalue weighted by molar-refractivity contribution is 5.56. The van der Waals surface area contributed by atoms with Gasteiger partial charge in [0, 0.05) is 5.92 Å². The smallest absolute Gasteiger partial charge is 0.126 e. The summed E-state index contributed by atoms with van der Waals surface area (Å²) in [7, 11) is 0. The van der Waals surface area contributed by atoms with Crippen molar-refractivity contribution in [2.24, 2.45) is 5.92 Å². The van der Waals surface area contributed by atoms with Gasteiger partial charge < -0.3 is 4.79 Å². The molecule has 0 fully saturated rings. The monoisotopic (exact) mass is 140 g/mol. The largest absolute Gasteiger partial charge is 0.303 e. The first-order valence-electron chi connectivity index (χ1n) is 4.05. The number of carbonyl (C=O) groups excluding carboxylic acids is 1. The van der Waals surface area contributed by atoms with Gasteiger partial charge in [-0.15, -0.1) is 0 Å². The summed E-state index contributed by atoms with van der Waals surface area (Å²) in [5.74, 6) is 0.226. The number of hydrogen-bond acceptors (Lipinski definition) is 1. The summed E-state index contributed by atoms with van der Waals surface area (Å²) in [5, 5.41) is 0. The summed E-state index contributed by atoms with van der Waals surface area (Å²) >= 11 is 0. The maximum Gasteiger partial charge on any atom is 0.126 e. The molecule has 0 aromatic heterocycles. The average Bonchev–Trinajstić information content (AvgIpc) is 2.10. The van der Waals surface area contributed by atoms with Gasteiger partial charge in [-0.25, -0.2) is 0 Å². The van der Waals surface area contributed by atoms with Gasteiger partial charge in [0.25, 0.3) is 0 Å². The predicted molar refractivity (Wildman–Crippen MR) is 43.9 cm³/mol. The molecule has 0 spiro atoms. The molecule has 0 heterocycles. The molecule has 1 heteroatoms. The van der Waals surface area contributed by atoms with Gasteiger partial charge in [-0.3, -0.25) is 0 Å². The Hall–Kier alpha value is -0.590. The highest BCUT2D eigenvalue weighted by atomic mass is 16.1. The van der Waals surface area contributed by atoms with Crippen LogP contribution in [0.1, 0.15) is 33.1 Å². The van der Waals surface area contributed by atoms with Gasteiger partial charge in [-0.2, -0.15) is 0 Å². The molecule has 0 saturated carbocycles. The SMILES string of the molecule is CC.O=CC1C=CCCC1. The van der Waals surface area contributed by atoms with Crippen molar-refractivity contribution in [3.63, 3.8) is 0 Å². The molecule has 1 rings (SSSR count). The van der Waals surface area contributed by atoms with Gasteiger partial charge in [0.1, 0.15) is 6.29 Å². The lowest BCUT2D eigenvalue weighted by atomic mass is 9.98. The van der Waals surface area contributed by atoms with Crippen molar-refractivity contribution in [2.45, 2.75) is 33.1 Å². The summed E-state index contributed by atoms with van der Waals surface area (Å²) in [4.78, 5) is 10.1. The molecular formula is C9H16O. The minimum atomic E-state index is 0.226. The Morgan fingerprint density at radius 1 is 1.50 bits per heavy atom. The minimum absolute atomic E-state index is 0.226. The second kappa shape index (κ2) is 6.53. The van der Waals surface area contributed by atoms with E-state index in [4.69, 9.17) is 0 Å². The first-order chi connectivity index (χ1) is 4.93. The van der Waals surface area contributed by atoms with Crippen molar-refractivity contribution >= 4 is 6.29 Å². The standard InChI is InChI=1S/C7H10O.C2H6/c8-6-7-4-2-1-3-5-7;1-2/h2,4,6-7H,1,3,5H2;1-2H3. The van der Waals surface area contributed by atoms with Gasteiger partial charge in [-0.1, -0.05) is 26.0 Å². The summed E-state index contributed by atoms with van der Waals surface area (Å²) in [6, 6.07) is 0. The van der Waals surface area contributed by atoms with E-state index in [2.05, 4.69) is 6.08 Å². The van der Waals surface area contributed by atoms with Gasteiger partial charge in [0.05, 0.1) is 0 Å². The quantitative estimate of drug-likeness (QED) is 0.404. The van der Waals surface area contributed by atoms with Crippen LogP contribution in [0.3, 0.4) is 0 Å². The number of carbonyl (C=O) groups is 1. The van der Waals surface area contributed by atoms with Crippen LogP contribution < -0.4 is 0 Å². The van der Waals surface area contributed by atoms with Crippen LogP contribution in [0.25, 0.3) is 0 Å². The predicted octanol–water partition coefficient (Wildman–Crippen LogP) is 2.57. The Labute approximate surface area is 63.1 Å². The highest BCUT2D eigenvalue weighted by Gasteiger charge is 2.04. The maximum atomic E-state index is 10.1. The fraction of sp³-hybridized carbons (Fsp3) is 0.667. The topological polar surface area (TPSA) is 17.1 Å². The van der Waals surface area contributed by atoms with Crippen molar-refractivity contribution in [2.75, 3.05) is 0 Å². The van der Waals surface area contributed by atoms with E-state index in [1.807, 2.05) is 19.9 Å². The third-order valence-electron chi connectivity index (χ3n) is 1.47. The molecule has 1 unspecified atom stereocenters. The molecule has 58 valence electrons. The van der Waals surface area contributed by atoms with Gasteiger partial charge in [0.2, 0.25) is 0 Å². The van der Waals surface area contributed by atoms with E-state index >= 15 is 0 Å². The van der Waals surface area contributed by atoms with E-state index in [0.29, 0.717) is 0 Å². The Bertz CT molecular complexity index is 105. The normalized spacial score (nSPS) is 22.8. The van der Waals surface area contributed by atoms with E-state index in [-0.39, 0.29) is 5.92 Å². The molecule has 0 bridgehead atoms. The van der Waals surface area contributed by atoms with Crippen LogP contribution in [-0.2, 0) is 4.79 Å². The molecule has 0 radical (unpaired) electrons. The van der Waals surface area contributed by atoms with E-state index in [0.717, 1.165) is 19.1 Å². The molecule has 0 aromatic carbocycles. The van der Waals surface area contributed by atoms with Crippen LogP contribution in [0.2, 0.25) is 0 Å². The number of rotatable bonds is 1. The molecule has 0 saturated heterocycles. The molecule has 1 nitrogen and oxygen atoms in total. The summed E-state index contributed by atoms with van der Waals surface area (Å²) in [5.41, 5.74) is 0. The van der Waals surface area contributed by atoms with Crippen LogP contribution in [0, 0.1) is 5.92 Å². The van der Waals surface area contributed by atoms with E-state index in [1.165, 1.54) is 6.42 Å². The van der Waals surface area contributed by atoms with Crippen molar-refractivity contribution in [3.05, 3.63) is 12.2 Å². The third kappa shape index (κ3) is 3.44. The first kappa shape index (κ1) is 9.41. The molecule has 0 amide bonds. The third-order valence-corrected chi connectivity index (χ3v) is 1.47. The van der Waals surface area contributed by atoms with Crippen LogP contribution in [-0.4, -0.2) is 6.29 Å². The molecule has 1 aliphatic carbocycles. The highest BCUT2D eigenvalue weighted by Crippen LogP contribution is 2.13. The second-order valence-corrected chi connectivity index (χ2v) is 2.16. The fourth-order valence-electron chi connectivity index (χ4n) is 0.952. The molecule has 0 aliphatic heterocycles. The minimum Gasteiger partial charge on any atom is -0.303 e. The lowest BCUT2D eigenvalue weighted by Gasteiger charge is -2.07. The fourth-order valence-corrected chi connectivity index (χ4v) is 0.952. The van der Waals surface area contributed by atoms with Gasteiger partial charge in [-0.05, 0) is 19.3 Å². The summed E-state index contributed by atoms with van der Waals surface area (Å²) in [6.07, 6.45) is 8.50. The van der Waals surface area contributed by atoms with E-state index in [9.17, 15) is 4.79 Å². The summed E-state index contributed by atoms with van der Waals surface area (Å²) in [6.45, 7) is 4.00. The van der Waals surface area contributed by atoms with Crippen LogP contribution in [0.4, 0.5) is 0 Å². The Kier molecular flexibility index (Phi) is 6.14. The number of aldehydes is 1. The first-order valence-corrected chi connectivity index (χ1v) is 4.05. The Balaban J connectivity index is 0.000000371. The maximum absolute atomic E-state index is 10.1. The molecule has 0 aromatic rings. The van der Waals surface area contributed by atoms with E-state index < -0.39 is 0 Å². The van der Waals surface area contributed by atoms with Crippen molar-refractivity contribution < 1.29 is 4.79 Å². The van der Waals surface area contributed by atoms with Gasteiger partial charge >= 0.3 is 0 Å². The summed E-state index contributed by atoms with van der Waals surface area (Å²) < 4.78 is 0. The molecule has 0 N–H and O–H groups in total. The molecular weight excluding hydrogens is 124 g/mol. The molecule has 1 aliphatic rings. The number of hydrogen-bond donors (Lipinski definition) is 0. The van der Waals surface area contributed by atoms with Crippen molar-refractivity contribution in [1.29, 1.82) is 0 Å². The Morgan fingerprint density at radius 3 is 2.50 bits per heavy atom. The van der Waals surface area contributed by atoms with Crippen molar-refractivity contribution in [3.8, 4) is 0 Å². The zero-order chi connectivity index (χ0) is 7.82. The molecule has 10 heavy (non-hydrogen) atoms. The van der Waals surface area contributed by atoms with Crippen LogP contribution in [0.15, 0.2) is 12.2 Å². The second-order valence-electron chi connectivity index (χ2n) is 2.16. The molecule has 1 atom stereocenters. The van der Waals surface area contributed by atoms with Crippen LogP contribution in [0.5, 0.6) is 0 Å². The zero-order valence-corrected chi connectivity index (χ0v) is 6.84. The van der Waals surface area contributed by atoms with Crippen LogP contribution >= 0.6 is 0 Å². The zero-order valence-electron chi connectivity index (χ0n) is 6.84. The van der Waals surface area contributed by atoms with E-state index in [1.54, 1.807) is 0 Å². The van der Waals surface area contributed by atoms with Gasteiger partial charge in [0.15, 0.2) is 0 Å². The van der Waals surface area contributed by atoms with Crippen molar-refractivity contribution in [1.82, 2.24) is 0 Å². The Morgan fingerprint density at radius 2 is 2.20 bits per heavy atom. The lowest BCUT2D eigenvalue weighted by Crippen LogP contribution is -2.00.